The first kappa shape index (κ1) is 8.28. The molecule has 1 heteroatoms. The highest BCUT2D eigenvalue weighted by Crippen LogP contribution is 2.52. The van der Waals surface area contributed by atoms with E-state index in [0.717, 1.165) is 17.5 Å². The first-order chi connectivity index (χ1) is 6.30. The van der Waals surface area contributed by atoms with Crippen molar-refractivity contribution < 1.29 is 0 Å². The van der Waals surface area contributed by atoms with Crippen molar-refractivity contribution in [2.45, 2.75) is 63.5 Å². The van der Waals surface area contributed by atoms with Crippen LogP contribution in [0.3, 0.4) is 0 Å². The molecule has 1 heterocycles. The molecule has 0 aromatic carbocycles. The van der Waals surface area contributed by atoms with E-state index < -0.39 is 0 Å². The van der Waals surface area contributed by atoms with Gasteiger partial charge in [0.15, 0.2) is 0 Å². The Morgan fingerprint density at radius 2 is 1.92 bits per heavy atom. The highest BCUT2D eigenvalue weighted by molar-refractivity contribution is 5.09. The van der Waals surface area contributed by atoms with Gasteiger partial charge in [0.05, 0.1) is 0 Å². The van der Waals surface area contributed by atoms with Gasteiger partial charge in [-0.3, -0.25) is 4.90 Å². The maximum atomic E-state index is 2.89. The molecule has 1 nitrogen and oxygen atoms in total. The summed E-state index contributed by atoms with van der Waals surface area (Å²) in [6, 6.07) is 0.995. The van der Waals surface area contributed by atoms with Crippen molar-refractivity contribution in [3.05, 3.63) is 0 Å². The molecule has 3 fully saturated rings. The largest absolute Gasteiger partial charge is 0.295 e. The lowest BCUT2D eigenvalue weighted by Gasteiger charge is -2.47. The Balaban J connectivity index is 1.72. The lowest BCUT2D eigenvalue weighted by atomic mass is 9.83. The van der Waals surface area contributed by atoms with Crippen molar-refractivity contribution in [3.63, 3.8) is 0 Å². The van der Waals surface area contributed by atoms with Gasteiger partial charge in [0.1, 0.15) is 0 Å². The highest BCUT2D eigenvalue weighted by Gasteiger charge is 2.53. The molecule has 0 aromatic heterocycles. The van der Waals surface area contributed by atoms with E-state index in [-0.39, 0.29) is 0 Å². The van der Waals surface area contributed by atoms with Crippen LogP contribution in [0.1, 0.15) is 51.9 Å². The average Bonchev–Trinajstić information content (AvgIpc) is 2.73. The second kappa shape index (κ2) is 2.73. The predicted molar refractivity (Wildman–Crippen MR) is 54.7 cm³/mol. The second-order valence-corrected chi connectivity index (χ2v) is 5.60. The van der Waals surface area contributed by atoms with Crippen molar-refractivity contribution in [2.75, 3.05) is 6.54 Å². The first-order valence-electron chi connectivity index (χ1n) is 6.07. The zero-order chi connectivity index (χ0) is 8.89. The smallest absolute Gasteiger partial charge is 0.0216 e. The summed E-state index contributed by atoms with van der Waals surface area (Å²) in [7, 11) is 0. The summed E-state index contributed by atoms with van der Waals surface area (Å²) in [6.07, 6.45) is 10.5. The number of nitrogens with zero attached hydrogens (tertiary/aromatic N) is 1. The van der Waals surface area contributed by atoms with E-state index in [1.165, 1.54) is 51.5 Å². The number of hydrogen-bond donors (Lipinski definition) is 0. The molecule has 1 spiro atoms. The van der Waals surface area contributed by atoms with Crippen molar-refractivity contribution in [3.8, 4) is 0 Å². The third kappa shape index (κ3) is 1.24. The molecule has 0 bridgehead atoms. The van der Waals surface area contributed by atoms with Gasteiger partial charge >= 0.3 is 0 Å². The molecule has 0 aromatic rings. The minimum absolute atomic E-state index is 0.725. The van der Waals surface area contributed by atoms with E-state index in [0.29, 0.717) is 0 Å². The third-order valence-corrected chi connectivity index (χ3v) is 4.54. The molecule has 2 aliphatic carbocycles. The third-order valence-electron chi connectivity index (χ3n) is 4.54. The SMILES string of the molecule is C[C@H]1CCN(C2CCC2)C2(CC2)C1. The van der Waals surface area contributed by atoms with Crippen molar-refractivity contribution in [2.24, 2.45) is 5.92 Å². The molecule has 1 aliphatic heterocycles. The number of piperidine rings is 1. The standard InChI is InChI=1S/C12H21N/c1-10-5-8-13(11-3-2-4-11)12(9-10)6-7-12/h10-11H,2-9H2,1H3/t10-/m0/s1. The molecule has 2 saturated carbocycles. The Bertz CT molecular complexity index is 203. The van der Waals surface area contributed by atoms with Crippen molar-refractivity contribution >= 4 is 0 Å². The number of rotatable bonds is 1. The molecule has 0 amide bonds. The summed E-state index contributed by atoms with van der Waals surface area (Å²) in [5.74, 6) is 0.999. The van der Waals surface area contributed by atoms with E-state index >= 15 is 0 Å². The van der Waals surface area contributed by atoms with Crippen LogP contribution in [0.25, 0.3) is 0 Å². The molecule has 74 valence electrons. The number of hydrogen-bond acceptors (Lipinski definition) is 1. The maximum absolute atomic E-state index is 2.89. The van der Waals surface area contributed by atoms with E-state index in [1.54, 1.807) is 0 Å². The molecule has 3 aliphatic rings. The van der Waals surface area contributed by atoms with Gasteiger partial charge in [-0.25, -0.2) is 0 Å². The van der Waals surface area contributed by atoms with E-state index in [4.69, 9.17) is 0 Å². The molecule has 1 atom stereocenters. The monoisotopic (exact) mass is 179 g/mol. The Labute approximate surface area is 81.5 Å². The van der Waals surface area contributed by atoms with Gasteiger partial charge in [0.25, 0.3) is 0 Å². The molecule has 0 unspecified atom stereocenters. The summed E-state index contributed by atoms with van der Waals surface area (Å²) in [5.41, 5.74) is 0.725. The van der Waals surface area contributed by atoms with Crippen LogP contribution in [-0.4, -0.2) is 23.0 Å². The fourth-order valence-corrected chi connectivity index (χ4v) is 3.37. The quantitative estimate of drug-likeness (QED) is 0.598. The van der Waals surface area contributed by atoms with Crippen LogP contribution in [-0.2, 0) is 0 Å². The van der Waals surface area contributed by atoms with Gasteiger partial charge in [-0.05, 0) is 51.0 Å². The molecular weight excluding hydrogens is 158 g/mol. The summed E-state index contributed by atoms with van der Waals surface area (Å²) in [5, 5.41) is 0. The van der Waals surface area contributed by atoms with E-state index in [1.807, 2.05) is 0 Å². The maximum Gasteiger partial charge on any atom is 0.0216 e. The van der Waals surface area contributed by atoms with Crippen molar-refractivity contribution in [1.29, 1.82) is 0 Å². The Hall–Kier alpha value is -0.0400. The molecule has 0 N–H and O–H groups in total. The van der Waals surface area contributed by atoms with E-state index in [2.05, 4.69) is 11.8 Å². The fraction of sp³-hybridized carbons (Fsp3) is 1.00. The minimum Gasteiger partial charge on any atom is -0.295 e. The first-order valence-corrected chi connectivity index (χ1v) is 6.07. The average molecular weight is 179 g/mol. The Kier molecular flexibility index (Phi) is 1.74. The molecule has 3 rings (SSSR count). The lowest BCUT2D eigenvalue weighted by Crippen LogP contribution is -2.52. The van der Waals surface area contributed by atoms with Crippen molar-refractivity contribution in [1.82, 2.24) is 4.90 Å². The van der Waals surface area contributed by atoms with Gasteiger partial charge in [0, 0.05) is 11.6 Å². The zero-order valence-corrected chi connectivity index (χ0v) is 8.76. The Morgan fingerprint density at radius 3 is 2.46 bits per heavy atom. The van der Waals surface area contributed by atoms with Gasteiger partial charge in [-0.2, -0.15) is 0 Å². The van der Waals surface area contributed by atoms with Crippen LogP contribution in [0.15, 0.2) is 0 Å². The van der Waals surface area contributed by atoms with Crippen LogP contribution in [0.4, 0.5) is 0 Å². The van der Waals surface area contributed by atoms with E-state index in [9.17, 15) is 0 Å². The highest BCUT2D eigenvalue weighted by atomic mass is 15.3. The molecule has 13 heavy (non-hydrogen) atoms. The summed E-state index contributed by atoms with van der Waals surface area (Å²) < 4.78 is 0. The van der Waals surface area contributed by atoms with Crippen LogP contribution in [0.2, 0.25) is 0 Å². The minimum atomic E-state index is 0.725. The summed E-state index contributed by atoms with van der Waals surface area (Å²) in [6.45, 7) is 3.85. The fourth-order valence-electron chi connectivity index (χ4n) is 3.37. The van der Waals surface area contributed by atoms with Crippen LogP contribution >= 0.6 is 0 Å². The summed E-state index contributed by atoms with van der Waals surface area (Å²) in [4.78, 5) is 2.89. The number of likely N-dealkylation sites (tertiary alicyclic amines) is 1. The predicted octanol–water partition coefficient (Wildman–Crippen LogP) is 2.80. The molecular formula is C12H21N. The van der Waals surface area contributed by atoms with Gasteiger partial charge < -0.3 is 0 Å². The topological polar surface area (TPSA) is 3.24 Å². The van der Waals surface area contributed by atoms with Crippen LogP contribution in [0, 0.1) is 5.92 Å². The lowest BCUT2D eigenvalue weighted by molar-refractivity contribution is 0.0206. The Morgan fingerprint density at radius 1 is 1.15 bits per heavy atom. The molecule has 0 radical (unpaired) electrons. The van der Waals surface area contributed by atoms with Gasteiger partial charge in [0.2, 0.25) is 0 Å². The zero-order valence-electron chi connectivity index (χ0n) is 8.76. The van der Waals surface area contributed by atoms with Crippen LogP contribution < -0.4 is 0 Å². The van der Waals surface area contributed by atoms with Gasteiger partial charge in [-0.15, -0.1) is 0 Å². The van der Waals surface area contributed by atoms with Gasteiger partial charge in [-0.1, -0.05) is 13.3 Å². The second-order valence-electron chi connectivity index (χ2n) is 5.60. The summed E-state index contributed by atoms with van der Waals surface area (Å²) >= 11 is 0. The van der Waals surface area contributed by atoms with Crippen LogP contribution in [0.5, 0.6) is 0 Å². The normalized spacial score (nSPS) is 39.0. The molecule has 1 saturated heterocycles.